The van der Waals surface area contributed by atoms with Gasteiger partial charge in [-0.25, -0.2) is 4.79 Å². The molecule has 0 aliphatic carbocycles. The molecule has 0 fully saturated rings. The van der Waals surface area contributed by atoms with Gasteiger partial charge in [-0.1, -0.05) is 91.0 Å². The molecule has 0 heterocycles. The molecule has 0 saturated carbocycles. The zero-order valence-corrected chi connectivity index (χ0v) is 34.2. The third-order valence-corrected chi connectivity index (χ3v) is 7.98. The Balaban J connectivity index is 1.05. The fraction of sp³-hybridized carbons (Fsp3) is 0.568. The smallest absolute Gasteiger partial charge is 0.407 e. The molecule has 13 heteroatoms. The van der Waals surface area contributed by atoms with Crippen molar-refractivity contribution >= 4 is 6.09 Å². The fourth-order valence-electron chi connectivity index (χ4n) is 5.42. The number of alkyl carbamates (subject to hydrolysis) is 1. The van der Waals surface area contributed by atoms with Crippen LogP contribution in [0, 0.1) is 0 Å². The van der Waals surface area contributed by atoms with Gasteiger partial charge in [-0.2, -0.15) is 0 Å². The number of nitrogens with one attached hydrogen (secondary N) is 1. The molecular formula is C44H65NO12. The van der Waals surface area contributed by atoms with Crippen molar-refractivity contribution in [2.45, 2.75) is 32.0 Å². The van der Waals surface area contributed by atoms with Crippen LogP contribution in [0.1, 0.15) is 37.5 Å². The van der Waals surface area contributed by atoms with E-state index < -0.39 is 17.3 Å². The van der Waals surface area contributed by atoms with Crippen molar-refractivity contribution in [3.8, 4) is 0 Å². The maximum absolute atomic E-state index is 11.5. The van der Waals surface area contributed by atoms with Gasteiger partial charge in [0.2, 0.25) is 0 Å². The van der Waals surface area contributed by atoms with E-state index in [0.717, 1.165) is 16.7 Å². The van der Waals surface area contributed by atoms with Crippen molar-refractivity contribution < 1.29 is 56.9 Å². The van der Waals surface area contributed by atoms with E-state index in [9.17, 15) is 4.79 Å². The van der Waals surface area contributed by atoms with Gasteiger partial charge in [-0.05, 0) is 37.5 Å². The lowest BCUT2D eigenvalue weighted by Gasteiger charge is -2.36. The van der Waals surface area contributed by atoms with Crippen LogP contribution < -0.4 is 5.32 Å². The number of hydrogen-bond donors (Lipinski definition) is 1. The molecule has 318 valence electrons. The molecule has 3 rings (SSSR count). The van der Waals surface area contributed by atoms with Gasteiger partial charge in [-0.3, -0.25) is 0 Å². The summed E-state index contributed by atoms with van der Waals surface area (Å²) in [6.07, 6.45) is -0.453. The number of ether oxygens (including phenoxy) is 11. The molecule has 0 aliphatic heterocycles. The lowest BCUT2D eigenvalue weighted by atomic mass is 9.80. The molecule has 3 aromatic rings. The standard InChI is InChI=1S/C44H65NO12/c1-43(2,3)57-42(46)45-19-20-47-21-22-48-23-24-49-25-26-50-27-28-51-29-30-52-31-32-53-33-34-54-35-36-55-37-38-56-44(39-13-7-4-8-14-39,40-15-9-5-10-16-40)41-17-11-6-12-18-41/h4-18H,19-38H2,1-3H3,(H,45,46). The van der Waals surface area contributed by atoms with Crippen LogP contribution in [0.3, 0.4) is 0 Å². The Hall–Kier alpha value is -3.47. The van der Waals surface area contributed by atoms with Crippen LogP contribution in [0.25, 0.3) is 0 Å². The first-order valence-electron chi connectivity index (χ1n) is 19.9. The summed E-state index contributed by atoms with van der Waals surface area (Å²) in [5.74, 6) is 0. The van der Waals surface area contributed by atoms with Gasteiger partial charge < -0.3 is 57.4 Å². The predicted molar refractivity (Wildman–Crippen MR) is 217 cm³/mol. The van der Waals surface area contributed by atoms with Crippen LogP contribution in [0.4, 0.5) is 4.79 Å². The van der Waals surface area contributed by atoms with Gasteiger partial charge in [0.25, 0.3) is 0 Å². The molecule has 57 heavy (non-hydrogen) atoms. The van der Waals surface area contributed by atoms with Crippen molar-refractivity contribution in [3.63, 3.8) is 0 Å². The quantitative estimate of drug-likeness (QED) is 0.0591. The Morgan fingerprint density at radius 2 is 0.667 bits per heavy atom. The number of hydrogen-bond acceptors (Lipinski definition) is 12. The maximum atomic E-state index is 11.5. The number of amides is 1. The SMILES string of the molecule is CC(C)(C)OC(=O)NCCOCCOCCOCCOCCOCCOCCOCCOCCOCCOC(c1ccccc1)(c1ccccc1)c1ccccc1. The Labute approximate surface area is 339 Å². The Morgan fingerprint density at radius 3 is 0.947 bits per heavy atom. The van der Waals surface area contributed by atoms with Crippen molar-refractivity contribution in [1.82, 2.24) is 5.32 Å². The average Bonchev–Trinajstić information content (AvgIpc) is 3.22. The second-order valence-corrected chi connectivity index (χ2v) is 13.6. The third kappa shape index (κ3) is 21.7. The summed E-state index contributed by atoms with van der Waals surface area (Å²) >= 11 is 0. The second kappa shape index (κ2) is 30.6. The molecule has 0 radical (unpaired) electrons. The molecule has 0 saturated heterocycles. The number of carbonyl (C=O) groups excluding carboxylic acids is 1. The van der Waals surface area contributed by atoms with Crippen molar-refractivity contribution in [3.05, 3.63) is 108 Å². The van der Waals surface area contributed by atoms with Gasteiger partial charge in [0.05, 0.1) is 126 Å². The minimum absolute atomic E-state index is 0.380. The molecule has 0 bridgehead atoms. The first-order chi connectivity index (χ1) is 27.9. The van der Waals surface area contributed by atoms with Crippen molar-refractivity contribution in [2.75, 3.05) is 132 Å². The monoisotopic (exact) mass is 799 g/mol. The van der Waals surface area contributed by atoms with E-state index in [4.69, 9.17) is 52.1 Å². The predicted octanol–water partition coefficient (Wildman–Crippen LogP) is 5.67. The highest BCUT2D eigenvalue weighted by Gasteiger charge is 2.37. The van der Waals surface area contributed by atoms with Gasteiger partial charge in [0.1, 0.15) is 11.2 Å². The van der Waals surface area contributed by atoms with Crippen LogP contribution in [-0.2, 0) is 57.7 Å². The van der Waals surface area contributed by atoms with Crippen LogP contribution >= 0.6 is 0 Å². The highest BCUT2D eigenvalue weighted by Crippen LogP contribution is 2.40. The molecule has 1 N–H and O–H groups in total. The van der Waals surface area contributed by atoms with E-state index >= 15 is 0 Å². The van der Waals surface area contributed by atoms with Gasteiger partial charge >= 0.3 is 6.09 Å². The highest BCUT2D eigenvalue weighted by molar-refractivity contribution is 5.67. The van der Waals surface area contributed by atoms with Crippen molar-refractivity contribution in [1.29, 1.82) is 0 Å². The molecule has 0 aromatic heterocycles. The molecule has 1 amide bonds. The zero-order chi connectivity index (χ0) is 40.5. The van der Waals surface area contributed by atoms with E-state index in [1.165, 1.54) is 0 Å². The molecule has 0 aliphatic rings. The topological polar surface area (TPSA) is 131 Å². The van der Waals surface area contributed by atoms with Crippen LogP contribution in [0.15, 0.2) is 91.0 Å². The second-order valence-electron chi connectivity index (χ2n) is 13.6. The maximum Gasteiger partial charge on any atom is 0.407 e. The van der Waals surface area contributed by atoms with Crippen LogP contribution in [0.2, 0.25) is 0 Å². The van der Waals surface area contributed by atoms with Crippen LogP contribution in [0.5, 0.6) is 0 Å². The summed E-state index contributed by atoms with van der Waals surface area (Å²) in [4.78, 5) is 11.5. The largest absolute Gasteiger partial charge is 0.444 e. The third-order valence-electron chi connectivity index (χ3n) is 7.98. The summed E-state index contributed by atoms with van der Waals surface area (Å²) in [6, 6.07) is 30.9. The number of rotatable bonds is 34. The molecule has 0 spiro atoms. The Kier molecular flexibility index (Phi) is 25.7. The summed E-state index contributed by atoms with van der Waals surface area (Å²) in [7, 11) is 0. The minimum Gasteiger partial charge on any atom is -0.444 e. The first-order valence-corrected chi connectivity index (χ1v) is 19.9. The first kappa shape index (κ1) is 47.9. The lowest BCUT2D eigenvalue weighted by Crippen LogP contribution is -2.34. The molecule has 0 atom stereocenters. The van der Waals surface area contributed by atoms with E-state index in [-0.39, 0.29) is 0 Å². The van der Waals surface area contributed by atoms with E-state index in [1.807, 2.05) is 75.4 Å². The van der Waals surface area contributed by atoms with Gasteiger partial charge in [0, 0.05) is 6.54 Å². The van der Waals surface area contributed by atoms with Crippen LogP contribution in [-0.4, -0.2) is 144 Å². The van der Waals surface area contributed by atoms with E-state index in [0.29, 0.717) is 132 Å². The molecular weight excluding hydrogens is 734 g/mol. The lowest BCUT2D eigenvalue weighted by molar-refractivity contribution is -0.0399. The van der Waals surface area contributed by atoms with E-state index in [1.54, 1.807) is 0 Å². The zero-order valence-electron chi connectivity index (χ0n) is 34.2. The summed E-state index contributed by atoms with van der Waals surface area (Å²) in [5, 5.41) is 2.64. The average molecular weight is 800 g/mol. The van der Waals surface area contributed by atoms with Crippen molar-refractivity contribution in [2.24, 2.45) is 0 Å². The summed E-state index contributed by atoms with van der Waals surface area (Å²) < 4.78 is 61.9. The molecule has 0 unspecified atom stereocenters. The number of carbonyl (C=O) groups is 1. The van der Waals surface area contributed by atoms with Gasteiger partial charge in [-0.15, -0.1) is 0 Å². The molecule has 13 nitrogen and oxygen atoms in total. The minimum atomic E-state index is -0.756. The van der Waals surface area contributed by atoms with E-state index in [2.05, 4.69) is 41.7 Å². The Morgan fingerprint density at radius 1 is 0.404 bits per heavy atom. The summed E-state index contributed by atoms with van der Waals surface area (Å²) in [5.41, 5.74) is 1.92. The highest BCUT2D eigenvalue weighted by atomic mass is 16.6. The normalized spacial score (nSPS) is 11.8. The number of benzene rings is 3. The molecule has 3 aromatic carbocycles. The Bertz CT molecular complexity index is 1280. The fourth-order valence-corrected chi connectivity index (χ4v) is 5.42. The summed E-state index contributed by atoms with van der Waals surface area (Å²) in [6.45, 7) is 14.7. The van der Waals surface area contributed by atoms with Gasteiger partial charge in [0.15, 0.2) is 0 Å².